The molecule has 168 valence electrons. The van der Waals surface area contributed by atoms with Gasteiger partial charge in [0, 0.05) is 6.54 Å². The number of allylic oxidation sites excluding steroid dienone is 1. The van der Waals surface area contributed by atoms with Gasteiger partial charge in [-0.25, -0.2) is 0 Å². The van der Waals surface area contributed by atoms with Gasteiger partial charge >= 0.3 is 0 Å². The van der Waals surface area contributed by atoms with E-state index in [1.54, 1.807) is 0 Å². The van der Waals surface area contributed by atoms with E-state index in [4.69, 9.17) is 4.74 Å². The number of aliphatic hydroxyl groups excluding tert-OH is 1. The first-order valence-electron chi connectivity index (χ1n) is 11.6. The van der Waals surface area contributed by atoms with E-state index in [9.17, 15) is 5.11 Å². The maximum absolute atomic E-state index is 10.3. The van der Waals surface area contributed by atoms with Crippen molar-refractivity contribution < 1.29 is 9.84 Å². The van der Waals surface area contributed by atoms with Crippen LogP contribution >= 0.6 is 0 Å². The Kier molecular flexibility index (Phi) is 9.09. The second-order valence-electron chi connectivity index (χ2n) is 7.91. The molecule has 0 aromatic heterocycles. The third-order valence-electron chi connectivity index (χ3n) is 5.79. The number of rotatable bonds is 11. The molecule has 0 saturated heterocycles. The molecule has 3 aromatic rings. The third-order valence-corrected chi connectivity index (χ3v) is 5.79. The lowest BCUT2D eigenvalue weighted by molar-refractivity contribution is 0.0716. The average Bonchev–Trinajstić information content (AvgIpc) is 2.86. The van der Waals surface area contributed by atoms with Gasteiger partial charge in [0.05, 0.1) is 0 Å². The lowest BCUT2D eigenvalue weighted by atomic mass is 9.88. The van der Waals surface area contributed by atoms with Crippen molar-refractivity contribution in [1.82, 2.24) is 4.90 Å². The Hall–Kier alpha value is -2.88. The summed E-state index contributed by atoms with van der Waals surface area (Å²) in [4.78, 5) is 2.20. The molecule has 0 aliphatic rings. The molecule has 0 aliphatic carbocycles. The van der Waals surface area contributed by atoms with E-state index in [0.29, 0.717) is 13.2 Å². The van der Waals surface area contributed by atoms with Gasteiger partial charge in [0.2, 0.25) is 0 Å². The van der Waals surface area contributed by atoms with Crippen molar-refractivity contribution in [1.29, 1.82) is 0 Å². The normalized spacial score (nSPS) is 13.0. The SMILES string of the molecule is CCC(=C(c1ccccc1)c1ccc(OCC(O)CN(CC)CC)cc1)c1ccccc1. The fourth-order valence-corrected chi connectivity index (χ4v) is 4.03. The molecule has 3 aromatic carbocycles. The Labute approximate surface area is 193 Å². The molecule has 1 N–H and O–H groups in total. The molecule has 0 amide bonds. The Morgan fingerprint density at radius 2 is 1.28 bits per heavy atom. The molecule has 0 saturated carbocycles. The molecule has 0 heterocycles. The highest BCUT2D eigenvalue weighted by Gasteiger charge is 2.14. The average molecular weight is 430 g/mol. The molecule has 0 radical (unpaired) electrons. The minimum absolute atomic E-state index is 0.293. The first-order valence-corrected chi connectivity index (χ1v) is 11.6. The highest BCUT2D eigenvalue weighted by molar-refractivity contribution is 5.98. The summed E-state index contributed by atoms with van der Waals surface area (Å²) in [6.45, 7) is 9.20. The van der Waals surface area contributed by atoms with Gasteiger partial charge in [-0.2, -0.15) is 0 Å². The van der Waals surface area contributed by atoms with Crippen molar-refractivity contribution >= 4 is 11.1 Å². The summed E-state index contributed by atoms with van der Waals surface area (Å²) in [6, 6.07) is 29.4. The fraction of sp³-hybridized carbons (Fsp3) is 0.310. The van der Waals surface area contributed by atoms with Crippen LogP contribution in [0.1, 0.15) is 43.9 Å². The predicted molar refractivity (Wildman–Crippen MR) is 135 cm³/mol. The monoisotopic (exact) mass is 429 g/mol. The number of aliphatic hydroxyl groups is 1. The quantitative estimate of drug-likeness (QED) is 0.372. The molecule has 3 heteroatoms. The summed E-state index contributed by atoms with van der Waals surface area (Å²) < 4.78 is 5.88. The van der Waals surface area contributed by atoms with Crippen LogP contribution in [0.2, 0.25) is 0 Å². The van der Waals surface area contributed by atoms with Crippen molar-refractivity contribution in [2.24, 2.45) is 0 Å². The van der Waals surface area contributed by atoms with Crippen LogP contribution in [0.15, 0.2) is 84.9 Å². The van der Waals surface area contributed by atoms with Gasteiger partial charge in [-0.15, -0.1) is 0 Å². The van der Waals surface area contributed by atoms with Crippen LogP contribution in [0.25, 0.3) is 11.1 Å². The van der Waals surface area contributed by atoms with Gasteiger partial charge < -0.3 is 14.7 Å². The number of hydrogen-bond acceptors (Lipinski definition) is 3. The molecule has 0 fully saturated rings. The van der Waals surface area contributed by atoms with Crippen LogP contribution in [0.4, 0.5) is 0 Å². The minimum atomic E-state index is -0.501. The maximum atomic E-state index is 10.3. The van der Waals surface area contributed by atoms with Gasteiger partial charge in [-0.05, 0) is 59.5 Å². The number of hydrogen-bond donors (Lipinski definition) is 1. The number of ether oxygens (including phenoxy) is 1. The molecule has 1 atom stereocenters. The lowest BCUT2D eigenvalue weighted by Crippen LogP contribution is -2.35. The maximum Gasteiger partial charge on any atom is 0.119 e. The highest BCUT2D eigenvalue weighted by atomic mass is 16.5. The summed E-state index contributed by atoms with van der Waals surface area (Å²) in [7, 11) is 0. The standard InChI is InChI=1S/C29H35NO2/c1-4-28(23-13-9-7-10-14-23)29(24-15-11-8-12-16-24)25-17-19-27(20-18-25)32-22-26(31)21-30(5-2)6-3/h7-20,26,31H,4-6,21-22H2,1-3H3. The van der Waals surface area contributed by atoms with E-state index in [1.165, 1.54) is 22.3 Å². The van der Waals surface area contributed by atoms with Gasteiger partial charge in [-0.1, -0.05) is 93.6 Å². The fourth-order valence-electron chi connectivity index (χ4n) is 4.03. The summed E-state index contributed by atoms with van der Waals surface area (Å²) >= 11 is 0. The second kappa shape index (κ2) is 12.2. The van der Waals surface area contributed by atoms with Crippen molar-refractivity contribution in [2.45, 2.75) is 33.3 Å². The summed E-state index contributed by atoms with van der Waals surface area (Å²) in [6.07, 6.45) is 0.434. The van der Waals surface area contributed by atoms with E-state index in [0.717, 1.165) is 30.8 Å². The van der Waals surface area contributed by atoms with Crippen LogP contribution in [0.5, 0.6) is 5.75 Å². The molecule has 32 heavy (non-hydrogen) atoms. The van der Waals surface area contributed by atoms with E-state index in [2.05, 4.69) is 98.5 Å². The molecular formula is C29H35NO2. The largest absolute Gasteiger partial charge is 0.491 e. The second-order valence-corrected chi connectivity index (χ2v) is 7.91. The minimum Gasteiger partial charge on any atom is -0.491 e. The Morgan fingerprint density at radius 3 is 1.81 bits per heavy atom. The predicted octanol–water partition coefficient (Wildman–Crippen LogP) is 6.14. The van der Waals surface area contributed by atoms with E-state index < -0.39 is 6.10 Å². The zero-order chi connectivity index (χ0) is 22.8. The van der Waals surface area contributed by atoms with Gasteiger partial charge in [0.15, 0.2) is 0 Å². The van der Waals surface area contributed by atoms with Gasteiger partial charge in [0.25, 0.3) is 0 Å². The molecule has 3 nitrogen and oxygen atoms in total. The topological polar surface area (TPSA) is 32.7 Å². The van der Waals surface area contributed by atoms with Crippen LogP contribution < -0.4 is 4.74 Å². The number of nitrogens with zero attached hydrogens (tertiary/aromatic N) is 1. The molecule has 0 aliphatic heterocycles. The molecule has 3 rings (SSSR count). The lowest BCUT2D eigenvalue weighted by Gasteiger charge is -2.22. The molecular weight excluding hydrogens is 394 g/mol. The Morgan fingerprint density at radius 1 is 0.750 bits per heavy atom. The first kappa shape index (κ1) is 23.8. The number of likely N-dealkylation sites (N-methyl/N-ethyl adjacent to an activating group) is 1. The van der Waals surface area contributed by atoms with Crippen molar-refractivity contribution in [2.75, 3.05) is 26.2 Å². The van der Waals surface area contributed by atoms with E-state index in [-0.39, 0.29) is 0 Å². The van der Waals surface area contributed by atoms with E-state index >= 15 is 0 Å². The Balaban J connectivity index is 1.85. The Bertz CT molecular complexity index is 961. The summed E-state index contributed by atoms with van der Waals surface area (Å²) in [5.41, 5.74) is 6.17. The smallest absolute Gasteiger partial charge is 0.119 e. The summed E-state index contributed by atoms with van der Waals surface area (Å²) in [5.74, 6) is 0.775. The molecule has 0 spiro atoms. The zero-order valence-electron chi connectivity index (χ0n) is 19.5. The van der Waals surface area contributed by atoms with Crippen LogP contribution in [0, 0.1) is 0 Å². The van der Waals surface area contributed by atoms with Gasteiger partial charge in [0.1, 0.15) is 18.5 Å². The van der Waals surface area contributed by atoms with E-state index in [1.807, 2.05) is 12.1 Å². The zero-order valence-corrected chi connectivity index (χ0v) is 19.5. The highest BCUT2D eigenvalue weighted by Crippen LogP contribution is 2.34. The third kappa shape index (κ3) is 6.32. The van der Waals surface area contributed by atoms with Crippen LogP contribution in [-0.4, -0.2) is 42.4 Å². The van der Waals surface area contributed by atoms with Gasteiger partial charge in [-0.3, -0.25) is 0 Å². The number of benzene rings is 3. The first-order chi connectivity index (χ1) is 15.7. The van der Waals surface area contributed by atoms with Crippen molar-refractivity contribution in [3.05, 3.63) is 102 Å². The van der Waals surface area contributed by atoms with Crippen LogP contribution in [0.3, 0.4) is 0 Å². The van der Waals surface area contributed by atoms with Crippen molar-refractivity contribution in [3.8, 4) is 5.75 Å². The molecule has 1 unspecified atom stereocenters. The van der Waals surface area contributed by atoms with Crippen LogP contribution in [-0.2, 0) is 0 Å². The summed E-state index contributed by atoms with van der Waals surface area (Å²) in [5, 5.41) is 10.3. The molecule has 0 bridgehead atoms. The van der Waals surface area contributed by atoms with Crippen molar-refractivity contribution in [3.63, 3.8) is 0 Å².